The first-order valence-electron chi connectivity index (χ1n) is 7.92. The van der Waals surface area contributed by atoms with Crippen molar-refractivity contribution in [2.75, 3.05) is 27.4 Å². The minimum absolute atomic E-state index is 0.105. The monoisotopic (exact) mass is 386 g/mol. The highest BCUT2D eigenvalue weighted by molar-refractivity contribution is 8.20. The van der Waals surface area contributed by atoms with Gasteiger partial charge in [0, 0.05) is 9.79 Å². The molecule has 0 aliphatic carbocycles. The molecule has 1 aromatic rings. The number of carbonyl (C=O) groups is 2. The molecule has 0 saturated heterocycles. The van der Waals surface area contributed by atoms with E-state index in [-0.39, 0.29) is 24.8 Å². The third-order valence-corrected chi connectivity index (χ3v) is 6.55. The highest BCUT2D eigenvalue weighted by atomic mass is 32.2. The van der Waals surface area contributed by atoms with Crippen LogP contribution in [-0.2, 0) is 19.1 Å². The van der Waals surface area contributed by atoms with Crippen molar-refractivity contribution in [1.82, 2.24) is 0 Å². The SMILES string of the molecule is CCOC(=O)CC1(CC(=O)OCC)Sc2cc(OC)c(OC)cc2S1. The lowest BCUT2D eigenvalue weighted by atomic mass is 10.2. The lowest BCUT2D eigenvalue weighted by molar-refractivity contribution is -0.145. The van der Waals surface area contributed by atoms with E-state index >= 15 is 0 Å². The number of rotatable bonds is 8. The van der Waals surface area contributed by atoms with Gasteiger partial charge < -0.3 is 18.9 Å². The Morgan fingerprint density at radius 2 is 1.28 bits per heavy atom. The Morgan fingerprint density at radius 1 is 0.880 bits per heavy atom. The van der Waals surface area contributed by atoms with Crippen LogP contribution in [0.4, 0.5) is 0 Å². The fourth-order valence-electron chi connectivity index (χ4n) is 2.49. The summed E-state index contributed by atoms with van der Waals surface area (Å²) >= 11 is 2.93. The first-order chi connectivity index (χ1) is 12.0. The molecule has 0 unspecified atom stereocenters. The van der Waals surface area contributed by atoms with E-state index in [9.17, 15) is 9.59 Å². The molecular weight excluding hydrogens is 364 g/mol. The van der Waals surface area contributed by atoms with Crippen molar-refractivity contribution < 1.29 is 28.5 Å². The predicted molar refractivity (Wildman–Crippen MR) is 96.5 cm³/mol. The van der Waals surface area contributed by atoms with Crippen LogP contribution in [0.25, 0.3) is 0 Å². The molecular formula is C17H22O6S2. The zero-order chi connectivity index (χ0) is 18.4. The van der Waals surface area contributed by atoms with E-state index in [1.807, 2.05) is 12.1 Å². The molecule has 1 aliphatic heterocycles. The Morgan fingerprint density at radius 3 is 1.60 bits per heavy atom. The molecule has 0 aromatic heterocycles. The number of hydrogen-bond acceptors (Lipinski definition) is 8. The molecule has 6 nitrogen and oxygen atoms in total. The van der Waals surface area contributed by atoms with Crippen molar-refractivity contribution in [1.29, 1.82) is 0 Å². The van der Waals surface area contributed by atoms with E-state index in [1.54, 1.807) is 28.1 Å². The van der Waals surface area contributed by atoms with Crippen molar-refractivity contribution in [3.05, 3.63) is 12.1 Å². The lowest BCUT2D eigenvalue weighted by Gasteiger charge is -2.24. The average molecular weight is 386 g/mol. The van der Waals surface area contributed by atoms with Gasteiger partial charge in [0.05, 0.1) is 44.4 Å². The highest BCUT2D eigenvalue weighted by Gasteiger charge is 2.44. The van der Waals surface area contributed by atoms with Crippen molar-refractivity contribution in [2.24, 2.45) is 0 Å². The number of carbonyl (C=O) groups excluding carboxylic acids is 2. The van der Waals surface area contributed by atoms with Gasteiger partial charge in [-0.1, -0.05) is 0 Å². The Labute approximate surface area is 155 Å². The summed E-state index contributed by atoms with van der Waals surface area (Å²) in [5.74, 6) is 0.548. The maximum atomic E-state index is 12.1. The Bertz CT molecular complexity index is 591. The summed E-state index contributed by atoms with van der Waals surface area (Å²) in [6, 6.07) is 3.73. The summed E-state index contributed by atoms with van der Waals surface area (Å²) in [5, 5.41) is 0. The molecule has 1 aromatic carbocycles. The first kappa shape index (κ1) is 19.8. The summed E-state index contributed by atoms with van der Waals surface area (Å²) in [5.41, 5.74) is 0. The maximum Gasteiger partial charge on any atom is 0.308 e. The molecule has 0 spiro atoms. The number of hydrogen-bond donors (Lipinski definition) is 0. The molecule has 0 saturated carbocycles. The largest absolute Gasteiger partial charge is 0.493 e. The van der Waals surface area contributed by atoms with Crippen molar-refractivity contribution in [3.63, 3.8) is 0 Å². The van der Waals surface area contributed by atoms with Crippen LogP contribution >= 0.6 is 23.5 Å². The number of esters is 2. The number of fused-ring (bicyclic) bond motifs is 1. The molecule has 2 rings (SSSR count). The number of methoxy groups -OCH3 is 2. The molecule has 1 heterocycles. The van der Waals surface area contributed by atoms with Gasteiger partial charge in [-0.2, -0.15) is 0 Å². The van der Waals surface area contributed by atoms with E-state index in [4.69, 9.17) is 18.9 Å². The van der Waals surface area contributed by atoms with Crippen molar-refractivity contribution in [3.8, 4) is 11.5 Å². The molecule has 0 radical (unpaired) electrons. The summed E-state index contributed by atoms with van der Waals surface area (Å²) in [4.78, 5) is 26.1. The van der Waals surface area contributed by atoms with Crippen LogP contribution in [0.15, 0.2) is 21.9 Å². The highest BCUT2D eigenvalue weighted by Crippen LogP contribution is 2.61. The second-order valence-electron chi connectivity index (χ2n) is 5.23. The second-order valence-corrected chi connectivity index (χ2v) is 8.34. The zero-order valence-electron chi connectivity index (χ0n) is 14.7. The van der Waals surface area contributed by atoms with Crippen LogP contribution in [0.1, 0.15) is 26.7 Å². The molecule has 0 atom stereocenters. The summed E-state index contributed by atoms with van der Waals surface area (Å²) < 4.78 is 20.2. The zero-order valence-corrected chi connectivity index (χ0v) is 16.4. The van der Waals surface area contributed by atoms with Crippen molar-refractivity contribution in [2.45, 2.75) is 40.6 Å². The topological polar surface area (TPSA) is 71.1 Å². The van der Waals surface area contributed by atoms with Crippen LogP contribution in [0.5, 0.6) is 11.5 Å². The van der Waals surface area contributed by atoms with Gasteiger partial charge in [0.2, 0.25) is 0 Å². The van der Waals surface area contributed by atoms with Crippen molar-refractivity contribution >= 4 is 35.5 Å². The average Bonchev–Trinajstić information content (AvgIpc) is 2.89. The predicted octanol–water partition coefficient (Wildman–Crippen LogP) is 3.50. The van der Waals surface area contributed by atoms with Gasteiger partial charge in [-0.05, 0) is 26.0 Å². The van der Waals surface area contributed by atoms with Crippen LogP contribution < -0.4 is 9.47 Å². The molecule has 0 amide bonds. The van der Waals surface area contributed by atoms with Gasteiger partial charge in [0.15, 0.2) is 11.5 Å². The van der Waals surface area contributed by atoms with E-state index < -0.39 is 4.08 Å². The molecule has 0 N–H and O–H groups in total. The standard InChI is InChI=1S/C17H22O6S2/c1-5-22-15(18)9-17(10-16(19)23-6-2)24-13-7-11(20-3)12(21-4)8-14(13)25-17/h7-8H,5-6,9-10H2,1-4H3. The minimum atomic E-state index is -0.696. The number of benzene rings is 1. The quantitative estimate of drug-likeness (QED) is 0.629. The fourth-order valence-corrected chi connectivity index (χ4v) is 5.66. The van der Waals surface area contributed by atoms with Gasteiger partial charge >= 0.3 is 11.9 Å². The Hall–Kier alpha value is -1.54. The molecule has 138 valence electrons. The Kier molecular flexibility index (Phi) is 6.89. The Balaban J connectivity index is 2.30. The van der Waals surface area contributed by atoms with Crippen LogP contribution in [0.2, 0.25) is 0 Å². The lowest BCUT2D eigenvalue weighted by Crippen LogP contribution is -2.27. The van der Waals surface area contributed by atoms with Crippen LogP contribution in [0.3, 0.4) is 0 Å². The molecule has 8 heteroatoms. The van der Waals surface area contributed by atoms with E-state index in [0.29, 0.717) is 24.7 Å². The summed E-state index contributed by atoms with van der Waals surface area (Å²) in [6.45, 7) is 4.13. The number of thioether (sulfide) groups is 2. The molecule has 1 aliphatic rings. The van der Waals surface area contributed by atoms with Gasteiger partial charge in [-0.15, -0.1) is 23.5 Å². The summed E-state index contributed by atoms with van der Waals surface area (Å²) in [6.07, 6.45) is 0.211. The normalized spacial score (nSPS) is 14.6. The van der Waals surface area contributed by atoms with Gasteiger partial charge in [-0.3, -0.25) is 9.59 Å². The van der Waals surface area contributed by atoms with E-state index in [2.05, 4.69) is 0 Å². The number of ether oxygens (including phenoxy) is 4. The van der Waals surface area contributed by atoms with Gasteiger partial charge in [-0.25, -0.2) is 0 Å². The third-order valence-electron chi connectivity index (χ3n) is 3.48. The molecule has 0 fully saturated rings. The third kappa shape index (κ3) is 4.76. The first-order valence-corrected chi connectivity index (χ1v) is 9.55. The second kappa shape index (κ2) is 8.71. The van der Waals surface area contributed by atoms with Crippen LogP contribution in [-0.4, -0.2) is 43.5 Å². The van der Waals surface area contributed by atoms with Crippen LogP contribution in [0, 0.1) is 0 Å². The maximum absolute atomic E-state index is 12.1. The fraction of sp³-hybridized carbons (Fsp3) is 0.529. The van der Waals surface area contributed by atoms with Gasteiger partial charge in [0.1, 0.15) is 0 Å². The van der Waals surface area contributed by atoms with Gasteiger partial charge in [0.25, 0.3) is 0 Å². The smallest absolute Gasteiger partial charge is 0.308 e. The van der Waals surface area contributed by atoms with E-state index in [1.165, 1.54) is 23.5 Å². The molecule has 25 heavy (non-hydrogen) atoms. The summed E-state index contributed by atoms with van der Waals surface area (Å²) in [7, 11) is 3.14. The minimum Gasteiger partial charge on any atom is -0.493 e. The van der Waals surface area contributed by atoms with E-state index in [0.717, 1.165) is 9.79 Å². The molecule has 0 bridgehead atoms.